The molecule has 0 aliphatic carbocycles. The van der Waals surface area contributed by atoms with Crippen molar-refractivity contribution in [3.8, 4) is 0 Å². The van der Waals surface area contributed by atoms with Gasteiger partial charge in [0.1, 0.15) is 5.76 Å². The molecule has 100 valence electrons. The lowest BCUT2D eigenvalue weighted by Crippen LogP contribution is -2.29. The second-order valence-electron chi connectivity index (χ2n) is 4.08. The van der Waals surface area contributed by atoms with Crippen LogP contribution in [0.2, 0.25) is 0 Å². The van der Waals surface area contributed by atoms with E-state index in [2.05, 4.69) is 5.32 Å². The van der Waals surface area contributed by atoms with Crippen LogP contribution in [0.3, 0.4) is 0 Å². The van der Waals surface area contributed by atoms with E-state index in [1.165, 1.54) is 0 Å². The maximum absolute atomic E-state index is 12.1. The third-order valence-electron chi connectivity index (χ3n) is 2.87. The zero-order valence-electron chi connectivity index (χ0n) is 11.0. The highest BCUT2D eigenvalue weighted by molar-refractivity contribution is 5.91. The Hall–Kier alpha value is -2.30. The Morgan fingerprint density at radius 1 is 1.21 bits per heavy atom. The van der Waals surface area contributed by atoms with E-state index in [0.29, 0.717) is 30.0 Å². The molecule has 0 radical (unpaired) electrons. The normalized spacial score (nSPS) is 10.4. The maximum atomic E-state index is 12.1. The number of oxazole rings is 1. The fraction of sp³-hybridized carbons (Fsp3) is 0.286. The zero-order chi connectivity index (χ0) is 13.8. The summed E-state index contributed by atoms with van der Waals surface area (Å²) in [5, 5.41) is 2.68. The van der Waals surface area contributed by atoms with Crippen molar-refractivity contribution in [3.63, 3.8) is 0 Å². The number of hydrogen-bond acceptors (Lipinski definition) is 3. The fourth-order valence-corrected chi connectivity index (χ4v) is 1.98. The summed E-state index contributed by atoms with van der Waals surface area (Å²) in [4.78, 5) is 23.9. The summed E-state index contributed by atoms with van der Waals surface area (Å²) in [5.41, 5.74) is 1.27. The third-order valence-corrected chi connectivity index (χ3v) is 2.87. The lowest BCUT2D eigenvalue weighted by Gasteiger charge is -2.06. The van der Waals surface area contributed by atoms with Crippen molar-refractivity contribution in [2.75, 3.05) is 5.32 Å². The van der Waals surface area contributed by atoms with Crippen molar-refractivity contribution in [1.29, 1.82) is 0 Å². The van der Waals surface area contributed by atoms with Crippen molar-refractivity contribution < 1.29 is 9.21 Å². The number of aryl methyl sites for hydroxylation is 1. The summed E-state index contributed by atoms with van der Waals surface area (Å²) in [6.07, 6.45) is 1.15. The number of carbonyl (C=O) groups excluding carboxylic acids is 1. The van der Waals surface area contributed by atoms with Gasteiger partial charge in [0.05, 0.1) is 5.69 Å². The van der Waals surface area contributed by atoms with Gasteiger partial charge in [-0.2, -0.15) is 4.57 Å². The number of carbonyl (C=O) groups is 1. The SMILES string of the molecule is CCc1oc(=O)n(C(=O)Nc2ccccc2)c1CC. The van der Waals surface area contributed by atoms with E-state index in [9.17, 15) is 9.59 Å². The topological polar surface area (TPSA) is 64.2 Å². The molecule has 1 N–H and O–H groups in total. The molecule has 0 unspecified atom stereocenters. The number of rotatable bonds is 3. The predicted molar refractivity (Wildman–Crippen MR) is 72.6 cm³/mol. The molecule has 0 saturated heterocycles. The third kappa shape index (κ3) is 2.59. The number of benzene rings is 1. The average molecular weight is 260 g/mol. The van der Waals surface area contributed by atoms with E-state index in [4.69, 9.17) is 4.42 Å². The number of aromatic nitrogens is 1. The van der Waals surface area contributed by atoms with Gasteiger partial charge in [-0.1, -0.05) is 32.0 Å². The highest BCUT2D eigenvalue weighted by Gasteiger charge is 2.19. The summed E-state index contributed by atoms with van der Waals surface area (Å²) >= 11 is 0. The second-order valence-corrected chi connectivity index (χ2v) is 4.08. The van der Waals surface area contributed by atoms with Crippen LogP contribution in [0.1, 0.15) is 25.3 Å². The molecule has 0 fully saturated rings. The molecule has 5 nitrogen and oxygen atoms in total. The molecule has 19 heavy (non-hydrogen) atoms. The monoisotopic (exact) mass is 260 g/mol. The fourth-order valence-electron chi connectivity index (χ4n) is 1.98. The maximum Gasteiger partial charge on any atom is 0.427 e. The van der Waals surface area contributed by atoms with Gasteiger partial charge in [0.2, 0.25) is 0 Å². The van der Waals surface area contributed by atoms with Crippen LogP contribution in [0, 0.1) is 0 Å². The van der Waals surface area contributed by atoms with Crippen LogP contribution in [0.5, 0.6) is 0 Å². The van der Waals surface area contributed by atoms with E-state index in [0.717, 1.165) is 4.57 Å². The van der Waals surface area contributed by atoms with E-state index < -0.39 is 11.8 Å². The Balaban J connectivity index is 2.34. The molecule has 1 amide bonds. The van der Waals surface area contributed by atoms with Crippen LogP contribution in [-0.2, 0) is 12.8 Å². The molecule has 0 aliphatic rings. The van der Waals surface area contributed by atoms with Gasteiger partial charge in [-0.25, -0.2) is 9.59 Å². The van der Waals surface area contributed by atoms with Crippen LogP contribution >= 0.6 is 0 Å². The van der Waals surface area contributed by atoms with Crippen molar-refractivity contribution in [2.24, 2.45) is 0 Å². The molecule has 5 heteroatoms. The van der Waals surface area contributed by atoms with Crippen LogP contribution in [-0.4, -0.2) is 10.6 Å². The van der Waals surface area contributed by atoms with Gasteiger partial charge in [-0.05, 0) is 18.6 Å². The number of amides is 1. The minimum atomic E-state index is -0.637. The van der Waals surface area contributed by atoms with Crippen molar-refractivity contribution in [3.05, 3.63) is 52.3 Å². The predicted octanol–water partition coefficient (Wildman–Crippen LogP) is 2.65. The first kappa shape index (κ1) is 13.1. The summed E-state index contributed by atoms with van der Waals surface area (Å²) in [6.45, 7) is 3.77. The zero-order valence-corrected chi connectivity index (χ0v) is 11.0. The molecular weight excluding hydrogens is 244 g/mol. The van der Waals surface area contributed by atoms with Gasteiger partial charge in [0.25, 0.3) is 0 Å². The van der Waals surface area contributed by atoms with Crippen LogP contribution in [0.25, 0.3) is 0 Å². The van der Waals surface area contributed by atoms with Crippen LogP contribution < -0.4 is 11.1 Å². The molecule has 2 rings (SSSR count). The van der Waals surface area contributed by atoms with Crippen LogP contribution in [0.15, 0.2) is 39.5 Å². The first-order valence-corrected chi connectivity index (χ1v) is 6.27. The number of hydrogen-bond donors (Lipinski definition) is 1. The molecule has 1 aromatic heterocycles. The Kier molecular flexibility index (Phi) is 3.85. The van der Waals surface area contributed by atoms with Gasteiger partial charge < -0.3 is 9.73 Å². The first-order chi connectivity index (χ1) is 9.17. The Morgan fingerprint density at radius 2 is 1.89 bits per heavy atom. The van der Waals surface area contributed by atoms with Crippen LogP contribution in [0.4, 0.5) is 10.5 Å². The molecule has 2 aromatic rings. The molecule has 0 aliphatic heterocycles. The molecule has 0 saturated carbocycles. The van der Waals surface area contributed by atoms with E-state index in [1.807, 2.05) is 32.0 Å². The lowest BCUT2D eigenvalue weighted by atomic mass is 10.2. The number of nitrogens with one attached hydrogen (secondary N) is 1. The Bertz CT molecular complexity index is 626. The summed E-state index contributed by atoms with van der Waals surface area (Å²) in [6, 6.07) is 8.51. The smallest absolute Gasteiger partial charge is 0.412 e. The minimum Gasteiger partial charge on any atom is -0.412 e. The molecule has 0 spiro atoms. The molecule has 1 aromatic carbocycles. The molecule has 0 bridgehead atoms. The van der Waals surface area contributed by atoms with E-state index in [-0.39, 0.29) is 0 Å². The first-order valence-electron chi connectivity index (χ1n) is 6.27. The summed E-state index contributed by atoms with van der Waals surface area (Å²) in [5.74, 6) is -0.0714. The second kappa shape index (κ2) is 5.56. The highest BCUT2D eigenvalue weighted by Crippen LogP contribution is 2.11. The largest absolute Gasteiger partial charge is 0.427 e. The van der Waals surface area contributed by atoms with Crippen molar-refractivity contribution in [2.45, 2.75) is 26.7 Å². The number of nitrogens with zero attached hydrogens (tertiary/aromatic N) is 1. The standard InChI is InChI=1S/C14H16N2O3/c1-3-11-12(4-2)19-14(18)16(11)13(17)15-10-8-6-5-7-9-10/h5-9H,3-4H2,1-2H3,(H,15,17). The summed E-state index contributed by atoms with van der Waals surface area (Å²) < 4.78 is 6.15. The van der Waals surface area contributed by atoms with Gasteiger partial charge in [-0.3, -0.25) is 0 Å². The number of anilines is 1. The Morgan fingerprint density at radius 3 is 2.47 bits per heavy atom. The number of para-hydroxylation sites is 1. The van der Waals surface area contributed by atoms with E-state index >= 15 is 0 Å². The minimum absolute atomic E-state index is 0.489. The summed E-state index contributed by atoms with van der Waals surface area (Å²) in [7, 11) is 0. The van der Waals surface area contributed by atoms with Crippen molar-refractivity contribution in [1.82, 2.24) is 4.57 Å². The highest BCUT2D eigenvalue weighted by atomic mass is 16.4. The van der Waals surface area contributed by atoms with E-state index in [1.54, 1.807) is 12.1 Å². The lowest BCUT2D eigenvalue weighted by molar-refractivity contribution is 0.251. The average Bonchev–Trinajstić information content (AvgIpc) is 2.75. The molecular formula is C14H16N2O3. The van der Waals surface area contributed by atoms with Gasteiger partial charge >= 0.3 is 11.8 Å². The Labute approximate surface area is 110 Å². The molecule has 1 heterocycles. The van der Waals surface area contributed by atoms with Crippen molar-refractivity contribution >= 4 is 11.7 Å². The van der Waals surface area contributed by atoms with Gasteiger partial charge in [-0.15, -0.1) is 0 Å². The quantitative estimate of drug-likeness (QED) is 0.922. The van der Waals surface area contributed by atoms with Gasteiger partial charge in [0, 0.05) is 12.1 Å². The van der Waals surface area contributed by atoms with Gasteiger partial charge in [0.15, 0.2) is 0 Å². The molecule has 0 atom stereocenters.